The van der Waals surface area contributed by atoms with E-state index < -0.39 is 6.17 Å². The summed E-state index contributed by atoms with van der Waals surface area (Å²) in [6, 6.07) is 11.1. The summed E-state index contributed by atoms with van der Waals surface area (Å²) in [4.78, 5) is 22.8. The van der Waals surface area contributed by atoms with E-state index in [0.717, 1.165) is 56.5 Å². The van der Waals surface area contributed by atoms with Crippen molar-refractivity contribution in [3.8, 4) is 11.3 Å². The number of nitrogens with one attached hydrogen (secondary N) is 3. The first-order valence-electron chi connectivity index (χ1n) is 13.2. The maximum Gasteiger partial charge on any atom is 0.251 e. The number of amides is 1. The first-order chi connectivity index (χ1) is 18.0. The predicted molar refractivity (Wildman–Crippen MR) is 146 cm³/mol. The van der Waals surface area contributed by atoms with Gasteiger partial charge in [-0.25, -0.2) is 13.8 Å². The molecule has 2 aliphatic heterocycles. The summed E-state index contributed by atoms with van der Waals surface area (Å²) in [5.74, 6) is 0.201. The van der Waals surface area contributed by atoms with E-state index in [0.29, 0.717) is 47.5 Å². The van der Waals surface area contributed by atoms with E-state index in [1.165, 1.54) is 0 Å². The third-order valence-corrected chi connectivity index (χ3v) is 7.66. The van der Waals surface area contributed by atoms with E-state index in [-0.39, 0.29) is 22.0 Å². The smallest absolute Gasteiger partial charge is 0.251 e. The predicted octanol–water partition coefficient (Wildman–Crippen LogP) is 5.34. The summed E-state index contributed by atoms with van der Waals surface area (Å²) in [7, 11) is 0. The van der Waals surface area contributed by atoms with Crippen LogP contribution in [0.25, 0.3) is 28.1 Å². The fraction of sp³-hybridized carbons (Fsp3) is 0.429. The maximum absolute atomic E-state index is 15.0. The van der Waals surface area contributed by atoms with Crippen LogP contribution in [0, 0.1) is 5.82 Å². The van der Waals surface area contributed by atoms with Gasteiger partial charge in [0.05, 0.1) is 16.7 Å². The number of rotatable bonds is 7. The van der Waals surface area contributed by atoms with Crippen molar-refractivity contribution in [2.75, 3.05) is 32.7 Å². The zero-order valence-electron chi connectivity index (χ0n) is 20.8. The summed E-state index contributed by atoms with van der Waals surface area (Å²) in [5.41, 5.74) is 4.23. The Morgan fingerprint density at radius 1 is 1.16 bits per heavy atom. The van der Waals surface area contributed by atoms with Gasteiger partial charge in [0.1, 0.15) is 12.0 Å². The molecule has 1 atom stereocenters. The van der Waals surface area contributed by atoms with Crippen molar-refractivity contribution < 1.29 is 17.9 Å². The van der Waals surface area contributed by atoms with Crippen LogP contribution in [0.5, 0.6) is 0 Å². The Morgan fingerprint density at radius 2 is 2.03 bits per heavy atom. The second kappa shape index (κ2) is 10.2. The molecule has 2 saturated heterocycles. The molecule has 1 amide bonds. The normalized spacial score (nSPS) is 19.2. The molecule has 4 aromatic rings. The highest BCUT2D eigenvalue weighted by Gasteiger charge is 2.20. The van der Waals surface area contributed by atoms with Crippen molar-refractivity contribution >= 4 is 22.7 Å². The van der Waals surface area contributed by atoms with Gasteiger partial charge >= 0.3 is 0 Å². The van der Waals surface area contributed by atoms with Crippen LogP contribution < -0.4 is 10.6 Å². The van der Waals surface area contributed by atoms with Gasteiger partial charge in [-0.15, -0.1) is 0 Å². The number of carbonyl (C=O) groups is 1. The Morgan fingerprint density at radius 3 is 2.81 bits per heavy atom. The molecule has 7 nitrogen and oxygen atoms in total. The Bertz CT molecular complexity index is 1430. The summed E-state index contributed by atoms with van der Waals surface area (Å²) >= 11 is 0. The van der Waals surface area contributed by atoms with Crippen molar-refractivity contribution in [2.24, 2.45) is 0 Å². The van der Waals surface area contributed by atoms with Crippen molar-refractivity contribution in [3.05, 3.63) is 59.5 Å². The average molecular weight is 513 g/mol. The van der Waals surface area contributed by atoms with Crippen LogP contribution in [0.2, 0.25) is 0 Å². The molecule has 4 heterocycles. The number of aromatic amines is 1. The van der Waals surface area contributed by atoms with Crippen molar-refractivity contribution in [1.29, 1.82) is 0 Å². The molecule has 200 valence electrons. The number of nitrogens with zero attached hydrogens (tertiary/aromatic N) is 3. The number of fused-ring (bicyclic) bond motifs is 3. The number of hydrogen-bond donors (Lipinski definition) is 3. The van der Waals surface area contributed by atoms with Gasteiger partial charge in [-0.2, -0.15) is 0 Å². The summed E-state index contributed by atoms with van der Waals surface area (Å²) in [5, 5.41) is 6.38. The Balaban J connectivity index is 0.00000147. The minimum atomic E-state index is -0.667. The highest BCUT2D eigenvalue weighted by molar-refractivity contribution is 5.98. The van der Waals surface area contributed by atoms with Crippen LogP contribution in [0.15, 0.2) is 42.6 Å². The Labute approximate surface area is 218 Å². The van der Waals surface area contributed by atoms with Crippen LogP contribution in [-0.4, -0.2) is 64.1 Å². The van der Waals surface area contributed by atoms with E-state index in [9.17, 15) is 13.6 Å². The summed E-state index contributed by atoms with van der Waals surface area (Å²) in [6.07, 6.45) is 5.36. The van der Waals surface area contributed by atoms with Gasteiger partial charge in [0.15, 0.2) is 0 Å². The zero-order valence-corrected chi connectivity index (χ0v) is 20.8. The second-order valence-corrected chi connectivity index (χ2v) is 10.2. The summed E-state index contributed by atoms with van der Waals surface area (Å²) < 4.78 is 30.1. The lowest BCUT2D eigenvalue weighted by Crippen LogP contribution is -2.36. The van der Waals surface area contributed by atoms with Crippen molar-refractivity contribution in [2.45, 2.75) is 44.3 Å². The third kappa shape index (κ3) is 4.98. The third-order valence-electron chi connectivity index (χ3n) is 7.66. The fourth-order valence-corrected chi connectivity index (χ4v) is 5.54. The number of benzene rings is 2. The molecule has 6 rings (SSSR count). The number of carbonyl (C=O) groups excluding carboxylic acids is 1. The molecule has 2 aromatic heterocycles. The molecule has 0 aliphatic carbocycles. The van der Waals surface area contributed by atoms with Crippen LogP contribution in [0.4, 0.5) is 8.78 Å². The molecule has 0 unspecified atom stereocenters. The van der Waals surface area contributed by atoms with Crippen LogP contribution in [0.1, 0.15) is 58.3 Å². The highest BCUT2D eigenvalue weighted by Crippen LogP contribution is 2.30. The molecule has 2 aliphatic rings. The van der Waals surface area contributed by atoms with E-state index in [1.807, 2.05) is 28.8 Å². The van der Waals surface area contributed by atoms with Gasteiger partial charge < -0.3 is 20.5 Å². The number of aromatic nitrogens is 3. The number of imidazole rings is 2. The molecule has 0 spiro atoms. The Hall–Kier alpha value is -3.30. The second-order valence-electron chi connectivity index (χ2n) is 10.2. The number of piperidine rings is 1. The first-order valence-corrected chi connectivity index (χ1v) is 13.2. The SMILES string of the molecule is O=C(NCCCN1CCC(F)CC1)c1ccc2c(c1)nc1[nH]c(-c3ccc([C@H]4CCCN4)cc3F)cn12.[HH].[HH].[HH]. The van der Waals surface area contributed by atoms with Gasteiger partial charge in [-0.3, -0.25) is 9.20 Å². The lowest BCUT2D eigenvalue weighted by atomic mass is 10.0. The van der Waals surface area contributed by atoms with Crippen LogP contribution in [0.3, 0.4) is 0 Å². The molecule has 0 saturated carbocycles. The first kappa shape index (κ1) is 24.1. The van der Waals surface area contributed by atoms with Gasteiger partial charge in [0.2, 0.25) is 5.78 Å². The largest absolute Gasteiger partial charge is 0.352 e. The van der Waals surface area contributed by atoms with E-state index in [2.05, 4.69) is 25.5 Å². The maximum atomic E-state index is 15.0. The Kier molecular flexibility index (Phi) is 6.65. The molecular weight excluding hydrogens is 474 g/mol. The molecule has 3 N–H and O–H groups in total. The number of alkyl halides is 1. The molecule has 0 radical (unpaired) electrons. The zero-order chi connectivity index (χ0) is 25.4. The van der Waals surface area contributed by atoms with Crippen LogP contribution in [-0.2, 0) is 0 Å². The molecule has 37 heavy (non-hydrogen) atoms. The summed E-state index contributed by atoms with van der Waals surface area (Å²) in [6.45, 7) is 3.98. The van der Waals surface area contributed by atoms with E-state index in [1.54, 1.807) is 18.2 Å². The standard InChI is InChI=1S/C28H32F2N6O.3H2/c29-20-8-13-35(14-9-20)12-2-11-32-27(37)19-5-7-26-24(16-19)33-28-34-25(17-36(26)28)21-6-4-18(15-22(21)30)23-3-1-10-31-23;;;/h4-7,15-17,20,23,31H,1-3,8-14H2,(H,32,37)(H,33,34);3*1H/t23-;;;/m1.../s1. The fourth-order valence-electron chi connectivity index (χ4n) is 5.54. The van der Waals surface area contributed by atoms with Crippen molar-refractivity contribution in [3.63, 3.8) is 0 Å². The van der Waals surface area contributed by atoms with E-state index in [4.69, 9.17) is 0 Å². The van der Waals surface area contributed by atoms with Gasteiger partial charge in [0, 0.05) is 47.3 Å². The highest BCUT2D eigenvalue weighted by atomic mass is 19.1. The van der Waals surface area contributed by atoms with Gasteiger partial charge in [0.25, 0.3) is 5.91 Å². The number of likely N-dealkylation sites (tertiary alicyclic amines) is 1. The number of H-pyrrole nitrogens is 1. The van der Waals surface area contributed by atoms with Crippen molar-refractivity contribution in [1.82, 2.24) is 29.9 Å². The van der Waals surface area contributed by atoms with Gasteiger partial charge in [-0.1, -0.05) is 6.07 Å². The lowest BCUT2D eigenvalue weighted by molar-refractivity contribution is 0.0950. The molecular formula is C28H38F2N6O. The average Bonchev–Trinajstić information content (AvgIpc) is 3.64. The quantitative estimate of drug-likeness (QED) is 0.292. The lowest BCUT2D eigenvalue weighted by Gasteiger charge is -2.28. The number of halogens is 2. The minimum Gasteiger partial charge on any atom is -0.352 e. The molecule has 2 aromatic carbocycles. The molecule has 9 heteroatoms. The topological polar surface area (TPSA) is 77.5 Å². The van der Waals surface area contributed by atoms with Gasteiger partial charge in [-0.05, 0) is 81.1 Å². The van der Waals surface area contributed by atoms with E-state index >= 15 is 0 Å². The molecule has 0 bridgehead atoms. The number of hydrogen-bond acceptors (Lipinski definition) is 4. The minimum absolute atomic E-state index is 0. The molecule has 2 fully saturated rings. The van der Waals surface area contributed by atoms with Crippen LogP contribution >= 0.6 is 0 Å². The monoisotopic (exact) mass is 512 g/mol.